The van der Waals surface area contributed by atoms with Gasteiger partial charge in [-0.1, -0.05) is 59.6 Å². The van der Waals surface area contributed by atoms with Gasteiger partial charge in [0.25, 0.3) is 5.91 Å². The quantitative estimate of drug-likeness (QED) is 0.628. The standard InChI is InChI=1S/C21H20ClNO3S/c1-15-6-8-16(9-7-15)12-23-21(24)20-11-10-18(26-20)14-27(25)13-17-4-2-3-5-19(17)22/h2-11H,12-14H2,1H3,(H,23,24)/t27-/m0/s1. The van der Waals surface area contributed by atoms with E-state index >= 15 is 0 Å². The van der Waals surface area contributed by atoms with Crippen LogP contribution in [-0.4, -0.2) is 10.1 Å². The summed E-state index contributed by atoms with van der Waals surface area (Å²) in [5.74, 6) is 1.01. The van der Waals surface area contributed by atoms with Gasteiger partial charge in [0.15, 0.2) is 5.76 Å². The van der Waals surface area contributed by atoms with Gasteiger partial charge in [-0.2, -0.15) is 0 Å². The molecule has 1 amide bonds. The highest BCUT2D eigenvalue weighted by Gasteiger charge is 2.13. The molecular weight excluding hydrogens is 382 g/mol. The molecule has 27 heavy (non-hydrogen) atoms. The summed E-state index contributed by atoms with van der Waals surface area (Å²) in [5, 5.41) is 3.42. The van der Waals surface area contributed by atoms with Crippen LogP contribution >= 0.6 is 11.6 Å². The molecule has 6 heteroatoms. The van der Waals surface area contributed by atoms with Crippen LogP contribution in [0.4, 0.5) is 0 Å². The Morgan fingerprint density at radius 3 is 2.52 bits per heavy atom. The van der Waals surface area contributed by atoms with E-state index in [0.717, 1.165) is 11.1 Å². The van der Waals surface area contributed by atoms with Crippen molar-refractivity contribution in [1.82, 2.24) is 5.32 Å². The Morgan fingerprint density at radius 2 is 1.78 bits per heavy atom. The molecule has 1 N–H and O–H groups in total. The number of hydrogen-bond donors (Lipinski definition) is 1. The number of carbonyl (C=O) groups excluding carboxylic acids is 1. The van der Waals surface area contributed by atoms with Gasteiger partial charge in [-0.05, 0) is 36.2 Å². The van der Waals surface area contributed by atoms with Crippen molar-refractivity contribution in [3.8, 4) is 0 Å². The normalized spacial score (nSPS) is 11.9. The fourth-order valence-corrected chi connectivity index (χ4v) is 4.01. The van der Waals surface area contributed by atoms with E-state index in [1.807, 2.05) is 49.4 Å². The van der Waals surface area contributed by atoms with Crippen LogP contribution in [-0.2, 0) is 28.9 Å². The molecule has 3 aromatic rings. The summed E-state index contributed by atoms with van der Waals surface area (Å²) in [6.45, 7) is 2.44. The summed E-state index contributed by atoms with van der Waals surface area (Å²) in [5.41, 5.74) is 3.02. The second kappa shape index (κ2) is 9.02. The Labute approximate surface area is 166 Å². The first-order valence-corrected chi connectivity index (χ1v) is 10.4. The summed E-state index contributed by atoms with van der Waals surface area (Å²) >= 11 is 6.10. The molecule has 0 aliphatic carbocycles. The molecule has 0 bridgehead atoms. The molecule has 2 aromatic carbocycles. The monoisotopic (exact) mass is 401 g/mol. The van der Waals surface area contributed by atoms with E-state index < -0.39 is 10.8 Å². The number of carbonyl (C=O) groups is 1. The van der Waals surface area contributed by atoms with Crippen molar-refractivity contribution in [1.29, 1.82) is 0 Å². The van der Waals surface area contributed by atoms with Crippen molar-refractivity contribution < 1.29 is 13.4 Å². The van der Waals surface area contributed by atoms with Gasteiger partial charge in [-0.15, -0.1) is 0 Å². The lowest BCUT2D eigenvalue weighted by Gasteiger charge is -2.04. The molecule has 0 fully saturated rings. The summed E-state index contributed by atoms with van der Waals surface area (Å²) in [4.78, 5) is 12.2. The highest BCUT2D eigenvalue weighted by Crippen LogP contribution is 2.19. The molecule has 0 unspecified atom stereocenters. The molecule has 0 spiro atoms. The molecule has 140 valence electrons. The molecule has 4 nitrogen and oxygen atoms in total. The van der Waals surface area contributed by atoms with E-state index in [1.165, 1.54) is 5.56 Å². The Kier molecular flexibility index (Phi) is 6.48. The lowest BCUT2D eigenvalue weighted by atomic mass is 10.1. The van der Waals surface area contributed by atoms with Crippen LogP contribution in [0.5, 0.6) is 0 Å². The Morgan fingerprint density at radius 1 is 1.04 bits per heavy atom. The summed E-state index contributed by atoms with van der Waals surface area (Å²) in [6.07, 6.45) is 0. The predicted octanol–water partition coefficient (Wildman–Crippen LogP) is 4.62. The van der Waals surface area contributed by atoms with Crippen LogP contribution < -0.4 is 5.32 Å². The largest absolute Gasteiger partial charge is 0.455 e. The Balaban J connectivity index is 1.54. The molecule has 0 aliphatic heterocycles. The van der Waals surface area contributed by atoms with E-state index in [2.05, 4.69) is 5.32 Å². The van der Waals surface area contributed by atoms with Crippen molar-refractivity contribution in [2.24, 2.45) is 0 Å². The number of furan rings is 1. The van der Waals surface area contributed by atoms with Gasteiger partial charge in [0.2, 0.25) is 0 Å². The minimum absolute atomic E-state index is 0.215. The SMILES string of the molecule is Cc1ccc(CNC(=O)c2ccc(C[S@@](=O)Cc3ccccc3Cl)o2)cc1. The molecule has 1 heterocycles. The molecule has 0 saturated carbocycles. The zero-order valence-corrected chi connectivity index (χ0v) is 16.5. The average Bonchev–Trinajstić information content (AvgIpc) is 3.11. The Hall–Kier alpha value is -2.37. The molecule has 3 rings (SSSR count). The van der Waals surface area contributed by atoms with Gasteiger partial charge in [0.05, 0.1) is 11.5 Å². The van der Waals surface area contributed by atoms with E-state index in [1.54, 1.807) is 18.2 Å². The number of benzene rings is 2. The molecule has 1 atom stereocenters. The summed E-state index contributed by atoms with van der Waals surface area (Å²) in [7, 11) is -1.18. The number of nitrogens with one attached hydrogen (secondary N) is 1. The van der Waals surface area contributed by atoms with Crippen LogP contribution in [0.1, 0.15) is 33.0 Å². The van der Waals surface area contributed by atoms with Crippen LogP contribution in [0, 0.1) is 6.92 Å². The van der Waals surface area contributed by atoms with E-state index in [-0.39, 0.29) is 17.4 Å². The second-order valence-corrected chi connectivity index (χ2v) is 8.12. The molecule has 0 aliphatic rings. The second-order valence-electron chi connectivity index (χ2n) is 6.25. The first-order valence-electron chi connectivity index (χ1n) is 8.52. The fraction of sp³-hybridized carbons (Fsp3) is 0.190. The molecule has 1 aromatic heterocycles. The third kappa shape index (κ3) is 5.55. The van der Waals surface area contributed by atoms with Crippen molar-refractivity contribution >= 4 is 28.3 Å². The number of hydrogen-bond acceptors (Lipinski definition) is 3. The van der Waals surface area contributed by atoms with Crippen molar-refractivity contribution in [2.45, 2.75) is 25.0 Å². The maximum Gasteiger partial charge on any atom is 0.287 e. The highest BCUT2D eigenvalue weighted by molar-refractivity contribution is 7.83. The number of halogens is 1. The number of amides is 1. The molecule has 0 saturated heterocycles. The van der Waals surface area contributed by atoms with Crippen LogP contribution in [0.3, 0.4) is 0 Å². The number of rotatable bonds is 7. The number of aryl methyl sites for hydroxylation is 1. The minimum Gasteiger partial charge on any atom is -0.455 e. The van der Waals surface area contributed by atoms with Crippen molar-refractivity contribution in [3.63, 3.8) is 0 Å². The third-order valence-corrected chi connectivity index (χ3v) is 5.64. The zero-order chi connectivity index (χ0) is 19.2. The molecule has 0 radical (unpaired) electrons. The van der Waals surface area contributed by atoms with Crippen LogP contribution in [0.2, 0.25) is 5.02 Å². The van der Waals surface area contributed by atoms with Crippen molar-refractivity contribution in [3.05, 3.63) is 93.9 Å². The van der Waals surface area contributed by atoms with Gasteiger partial charge < -0.3 is 9.73 Å². The van der Waals surface area contributed by atoms with Crippen LogP contribution in [0.15, 0.2) is 65.1 Å². The Bertz CT molecular complexity index is 950. The summed E-state index contributed by atoms with van der Waals surface area (Å²) in [6, 6.07) is 18.6. The van der Waals surface area contributed by atoms with E-state index in [0.29, 0.717) is 23.1 Å². The van der Waals surface area contributed by atoms with Gasteiger partial charge in [0, 0.05) is 22.4 Å². The average molecular weight is 402 g/mol. The van der Waals surface area contributed by atoms with Crippen molar-refractivity contribution in [2.75, 3.05) is 0 Å². The van der Waals surface area contributed by atoms with E-state index in [9.17, 15) is 9.00 Å². The molecular formula is C21H20ClNO3S. The van der Waals surface area contributed by atoms with E-state index in [4.69, 9.17) is 16.0 Å². The first kappa shape index (κ1) is 19.4. The zero-order valence-electron chi connectivity index (χ0n) is 14.9. The first-order chi connectivity index (χ1) is 13.0. The lowest BCUT2D eigenvalue weighted by Crippen LogP contribution is -2.22. The maximum atomic E-state index is 12.3. The smallest absolute Gasteiger partial charge is 0.287 e. The fourth-order valence-electron chi connectivity index (χ4n) is 2.55. The minimum atomic E-state index is -1.18. The topological polar surface area (TPSA) is 59.3 Å². The predicted molar refractivity (Wildman–Crippen MR) is 108 cm³/mol. The van der Waals surface area contributed by atoms with Crippen LogP contribution in [0.25, 0.3) is 0 Å². The third-order valence-electron chi connectivity index (χ3n) is 4.04. The maximum absolute atomic E-state index is 12.3. The lowest BCUT2D eigenvalue weighted by molar-refractivity contribution is 0.0921. The van der Waals surface area contributed by atoms with Gasteiger partial charge >= 0.3 is 0 Å². The van der Waals surface area contributed by atoms with Gasteiger partial charge in [-0.3, -0.25) is 9.00 Å². The van der Waals surface area contributed by atoms with Gasteiger partial charge in [-0.25, -0.2) is 0 Å². The highest BCUT2D eigenvalue weighted by atomic mass is 35.5. The summed E-state index contributed by atoms with van der Waals surface area (Å²) < 4.78 is 17.9. The van der Waals surface area contributed by atoms with Gasteiger partial charge in [0.1, 0.15) is 5.76 Å².